The van der Waals surface area contributed by atoms with E-state index in [0.717, 1.165) is 0 Å². The Kier molecular flexibility index (Phi) is 3.32. The average molecular weight is 200 g/mol. The van der Waals surface area contributed by atoms with Crippen molar-refractivity contribution in [2.24, 2.45) is 5.41 Å². The van der Waals surface area contributed by atoms with Crippen LogP contribution in [0.2, 0.25) is 0 Å². The first-order valence-corrected chi connectivity index (χ1v) is 5.10. The lowest BCUT2D eigenvalue weighted by Crippen LogP contribution is -2.50. The Morgan fingerprint density at radius 3 is 2.14 bits per heavy atom. The van der Waals surface area contributed by atoms with Crippen LogP contribution in [0.15, 0.2) is 0 Å². The lowest BCUT2D eigenvalue weighted by Gasteiger charge is -2.38. The van der Waals surface area contributed by atoms with Gasteiger partial charge in [-0.3, -0.25) is 4.79 Å². The number of Topliss-reactive ketones (excluding diaryl/α,β-unsaturated/α-hetero) is 1. The standard InChI is InChI=1S/C11H20O3/c1-10(2,3)9(12)11(13-4)5-7-14-8-6-11/h5-8H2,1-4H3. The van der Waals surface area contributed by atoms with Crippen molar-refractivity contribution in [2.75, 3.05) is 20.3 Å². The topological polar surface area (TPSA) is 35.5 Å². The number of rotatable bonds is 2. The van der Waals surface area contributed by atoms with Gasteiger partial charge in [0, 0.05) is 38.6 Å². The Labute approximate surface area is 85.8 Å². The minimum atomic E-state index is -0.601. The van der Waals surface area contributed by atoms with Crippen LogP contribution in [0.25, 0.3) is 0 Å². The molecule has 0 radical (unpaired) electrons. The Hall–Kier alpha value is -0.410. The highest BCUT2D eigenvalue weighted by Crippen LogP contribution is 2.33. The zero-order valence-electron chi connectivity index (χ0n) is 9.55. The average Bonchev–Trinajstić information content (AvgIpc) is 2.16. The number of carbonyl (C=O) groups is 1. The van der Waals surface area contributed by atoms with Crippen molar-refractivity contribution >= 4 is 5.78 Å². The highest BCUT2D eigenvalue weighted by Gasteiger charge is 2.44. The zero-order valence-corrected chi connectivity index (χ0v) is 9.55. The van der Waals surface area contributed by atoms with Gasteiger partial charge in [-0.25, -0.2) is 0 Å². The first kappa shape index (κ1) is 11.7. The number of ether oxygens (including phenoxy) is 2. The van der Waals surface area contributed by atoms with E-state index in [1.807, 2.05) is 20.8 Å². The second-order valence-electron chi connectivity index (χ2n) is 4.89. The molecule has 3 heteroatoms. The molecule has 0 aromatic heterocycles. The summed E-state index contributed by atoms with van der Waals surface area (Å²) in [6.07, 6.45) is 1.36. The lowest BCUT2D eigenvalue weighted by atomic mass is 9.76. The molecule has 0 aliphatic carbocycles. The van der Waals surface area contributed by atoms with Crippen LogP contribution in [0.5, 0.6) is 0 Å². The van der Waals surface area contributed by atoms with E-state index in [9.17, 15) is 4.79 Å². The quantitative estimate of drug-likeness (QED) is 0.681. The maximum Gasteiger partial charge on any atom is 0.170 e. The molecular weight excluding hydrogens is 180 g/mol. The van der Waals surface area contributed by atoms with Crippen LogP contribution in [-0.2, 0) is 14.3 Å². The number of carbonyl (C=O) groups excluding carboxylic acids is 1. The Balaban J connectivity index is 2.83. The normalized spacial score (nSPS) is 22.0. The van der Waals surface area contributed by atoms with Crippen LogP contribution in [-0.4, -0.2) is 31.7 Å². The van der Waals surface area contributed by atoms with Gasteiger partial charge in [0.05, 0.1) is 0 Å². The zero-order chi connectivity index (χ0) is 10.8. The first-order valence-electron chi connectivity index (χ1n) is 5.10. The molecule has 14 heavy (non-hydrogen) atoms. The van der Waals surface area contributed by atoms with Crippen LogP contribution in [0.4, 0.5) is 0 Å². The van der Waals surface area contributed by atoms with E-state index in [1.54, 1.807) is 7.11 Å². The Morgan fingerprint density at radius 2 is 1.79 bits per heavy atom. The van der Waals surface area contributed by atoms with Crippen molar-refractivity contribution in [1.29, 1.82) is 0 Å². The highest BCUT2D eigenvalue weighted by atomic mass is 16.5. The molecule has 0 aromatic carbocycles. The summed E-state index contributed by atoms with van der Waals surface area (Å²) < 4.78 is 10.7. The number of ketones is 1. The predicted octanol–water partition coefficient (Wildman–Crippen LogP) is 1.80. The van der Waals surface area contributed by atoms with Crippen molar-refractivity contribution < 1.29 is 14.3 Å². The third-order valence-electron chi connectivity index (χ3n) is 2.79. The van der Waals surface area contributed by atoms with Crippen molar-refractivity contribution in [1.82, 2.24) is 0 Å². The highest BCUT2D eigenvalue weighted by molar-refractivity contribution is 5.91. The summed E-state index contributed by atoms with van der Waals surface area (Å²) in [5, 5.41) is 0. The van der Waals surface area contributed by atoms with E-state index in [1.165, 1.54) is 0 Å². The molecule has 1 saturated heterocycles. The van der Waals surface area contributed by atoms with Gasteiger partial charge in [0.2, 0.25) is 0 Å². The van der Waals surface area contributed by atoms with Gasteiger partial charge in [-0.2, -0.15) is 0 Å². The molecule has 1 aliphatic heterocycles. The summed E-state index contributed by atoms with van der Waals surface area (Å²) in [6.45, 7) is 7.05. The van der Waals surface area contributed by atoms with Gasteiger partial charge in [0.1, 0.15) is 5.60 Å². The predicted molar refractivity (Wildman–Crippen MR) is 54.3 cm³/mol. The van der Waals surface area contributed by atoms with Crippen LogP contribution in [0.1, 0.15) is 33.6 Å². The summed E-state index contributed by atoms with van der Waals surface area (Å²) in [4.78, 5) is 12.2. The smallest absolute Gasteiger partial charge is 0.170 e. The molecule has 82 valence electrons. The van der Waals surface area contributed by atoms with Gasteiger partial charge in [-0.15, -0.1) is 0 Å². The number of hydrogen-bond donors (Lipinski definition) is 0. The van der Waals surface area contributed by atoms with Crippen LogP contribution < -0.4 is 0 Å². The number of methoxy groups -OCH3 is 1. The van der Waals surface area contributed by atoms with Crippen LogP contribution in [0, 0.1) is 5.41 Å². The summed E-state index contributed by atoms with van der Waals surface area (Å²) in [5.41, 5.74) is -0.941. The van der Waals surface area contributed by atoms with Crippen molar-refractivity contribution in [3.8, 4) is 0 Å². The fourth-order valence-electron chi connectivity index (χ4n) is 1.91. The first-order chi connectivity index (χ1) is 6.42. The van der Waals surface area contributed by atoms with Gasteiger partial charge in [0.15, 0.2) is 5.78 Å². The van der Waals surface area contributed by atoms with E-state index in [-0.39, 0.29) is 11.2 Å². The SMILES string of the molecule is COC1(C(=O)C(C)(C)C)CCOCC1. The second-order valence-corrected chi connectivity index (χ2v) is 4.89. The third kappa shape index (κ3) is 2.15. The Morgan fingerprint density at radius 1 is 1.29 bits per heavy atom. The molecular formula is C11H20O3. The summed E-state index contributed by atoms with van der Waals surface area (Å²) >= 11 is 0. The molecule has 0 atom stereocenters. The van der Waals surface area contributed by atoms with Crippen molar-refractivity contribution in [3.63, 3.8) is 0 Å². The third-order valence-corrected chi connectivity index (χ3v) is 2.79. The van der Waals surface area contributed by atoms with E-state index in [2.05, 4.69) is 0 Å². The second kappa shape index (κ2) is 3.99. The maximum atomic E-state index is 12.2. The molecule has 3 nitrogen and oxygen atoms in total. The molecule has 1 rings (SSSR count). The molecule has 0 saturated carbocycles. The van der Waals surface area contributed by atoms with Crippen molar-refractivity contribution in [2.45, 2.75) is 39.2 Å². The van der Waals surface area contributed by atoms with E-state index in [4.69, 9.17) is 9.47 Å². The summed E-state index contributed by atoms with van der Waals surface area (Å²) in [6, 6.07) is 0. The fourth-order valence-corrected chi connectivity index (χ4v) is 1.91. The Bertz CT molecular complexity index is 209. The fraction of sp³-hybridized carbons (Fsp3) is 0.909. The largest absolute Gasteiger partial charge is 0.381 e. The van der Waals surface area contributed by atoms with Crippen molar-refractivity contribution in [3.05, 3.63) is 0 Å². The molecule has 1 aliphatic rings. The minimum absolute atomic E-state index is 0.191. The molecule has 0 aromatic rings. The van der Waals surface area contributed by atoms with E-state index in [0.29, 0.717) is 26.1 Å². The van der Waals surface area contributed by atoms with Gasteiger partial charge >= 0.3 is 0 Å². The molecule has 0 amide bonds. The van der Waals surface area contributed by atoms with E-state index >= 15 is 0 Å². The molecule has 1 fully saturated rings. The molecule has 0 bridgehead atoms. The van der Waals surface area contributed by atoms with Gasteiger partial charge in [0.25, 0.3) is 0 Å². The maximum absolute atomic E-state index is 12.2. The monoisotopic (exact) mass is 200 g/mol. The van der Waals surface area contributed by atoms with Crippen LogP contribution in [0.3, 0.4) is 0 Å². The van der Waals surface area contributed by atoms with E-state index < -0.39 is 5.60 Å². The molecule has 0 spiro atoms. The molecule has 0 unspecified atom stereocenters. The van der Waals surface area contributed by atoms with Gasteiger partial charge < -0.3 is 9.47 Å². The molecule has 1 heterocycles. The molecule has 0 N–H and O–H groups in total. The lowest BCUT2D eigenvalue weighted by molar-refractivity contribution is -0.160. The van der Waals surface area contributed by atoms with Crippen LogP contribution >= 0.6 is 0 Å². The van der Waals surface area contributed by atoms with Gasteiger partial charge in [-0.1, -0.05) is 20.8 Å². The summed E-state index contributed by atoms with van der Waals surface area (Å²) in [7, 11) is 1.62. The van der Waals surface area contributed by atoms with Gasteiger partial charge in [-0.05, 0) is 0 Å². The summed E-state index contributed by atoms with van der Waals surface area (Å²) in [5.74, 6) is 0.191. The minimum Gasteiger partial charge on any atom is -0.381 e. The number of hydrogen-bond acceptors (Lipinski definition) is 3.